The Balaban J connectivity index is 2.15. The molecule has 1 aromatic carbocycles. The Kier molecular flexibility index (Phi) is 2.53. The van der Waals surface area contributed by atoms with Crippen LogP contribution in [0.3, 0.4) is 0 Å². The van der Waals surface area contributed by atoms with E-state index in [1.54, 1.807) is 0 Å². The molecule has 0 aliphatic heterocycles. The largest absolute Gasteiger partial charge is 0.443 e. The molecule has 0 unspecified atom stereocenters. The zero-order chi connectivity index (χ0) is 12.5. The molecule has 0 atom stereocenters. The minimum absolute atomic E-state index is 0.167. The topological polar surface area (TPSA) is 72.0 Å². The van der Waals surface area contributed by atoms with E-state index in [0.717, 1.165) is 22.5 Å². The highest BCUT2D eigenvalue weighted by molar-refractivity contribution is 5.78. The van der Waals surface area contributed by atoms with E-state index >= 15 is 0 Å². The van der Waals surface area contributed by atoms with E-state index in [2.05, 4.69) is 15.0 Å². The van der Waals surface area contributed by atoms with Gasteiger partial charge in [0.05, 0.1) is 5.69 Å². The van der Waals surface area contributed by atoms with Crippen molar-refractivity contribution < 1.29 is 9.52 Å². The number of hydrogen-bond acceptors (Lipinski definition) is 5. The summed E-state index contributed by atoms with van der Waals surface area (Å²) in [6.07, 6.45) is 1.42. The van der Waals surface area contributed by atoms with E-state index in [-0.39, 0.29) is 6.61 Å². The second kappa shape index (κ2) is 4.19. The minimum Gasteiger partial charge on any atom is -0.443 e. The van der Waals surface area contributed by atoms with Crippen molar-refractivity contribution in [1.82, 2.24) is 15.0 Å². The van der Waals surface area contributed by atoms with Crippen molar-refractivity contribution in [2.45, 2.75) is 13.5 Å². The van der Waals surface area contributed by atoms with Gasteiger partial charge in [-0.15, -0.1) is 0 Å². The second-order valence-corrected chi connectivity index (χ2v) is 4.00. The van der Waals surface area contributed by atoms with Crippen LogP contribution >= 0.6 is 0 Å². The van der Waals surface area contributed by atoms with Gasteiger partial charge in [-0.3, -0.25) is 0 Å². The lowest BCUT2D eigenvalue weighted by molar-refractivity contribution is 0.271. The van der Waals surface area contributed by atoms with Crippen LogP contribution in [0.2, 0.25) is 0 Å². The first-order valence-corrected chi connectivity index (χ1v) is 5.55. The van der Waals surface area contributed by atoms with Crippen LogP contribution in [0.1, 0.15) is 11.5 Å². The standard InChI is InChI=1S/C13H11N3O2/c1-8-4-11(16-13(6-17)15-8)9-2-3-10-12(5-9)18-7-14-10/h2-5,7,17H,6H2,1H3. The van der Waals surface area contributed by atoms with Crippen molar-refractivity contribution in [3.8, 4) is 11.3 Å². The smallest absolute Gasteiger partial charge is 0.181 e. The van der Waals surface area contributed by atoms with Crippen LogP contribution in [0, 0.1) is 6.92 Å². The Morgan fingerprint density at radius 1 is 1.22 bits per heavy atom. The number of aryl methyl sites for hydroxylation is 1. The zero-order valence-electron chi connectivity index (χ0n) is 9.79. The molecule has 5 nitrogen and oxygen atoms in total. The Hall–Kier alpha value is -2.27. The molecule has 0 bridgehead atoms. The van der Waals surface area contributed by atoms with E-state index in [1.807, 2.05) is 31.2 Å². The first-order chi connectivity index (χ1) is 8.76. The van der Waals surface area contributed by atoms with Crippen molar-refractivity contribution in [2.24, 2.45) is 0 Å². The summed E-state index contributed by atoms with van der Waals surface area (Å²) in [6, 6.07) is 7.56. The quantitative estimate of drug-likeness (QED) is 0.743. The van der Waals surface area contributed by atoms with Crippen LogP contribution in [0.4, 0.5) is 0 Å². The molecule has 0 aliphatic rings. The number of rotatable bonds is 2. The first kappa shape index (κ1) is 10.9. The number of aromatic nitrogens is 3. The molecular formula is C13H11N3O2. The van der Waals surface area contributed by atoms with Gasteiger partial charge in [-0.1, -0.05) is 6.07 Å². The van der Waals surface area contributed by atoms with Crippen molar-refractivity contribution in [2.75, 3.05) is 0 Å². The molecule has 0 amide bonds. The van der Waals surface area contributed by atoms with Crippen LogP contribution < -0.4 is 0 Å². The average molecular weight is 241 g/mol. The summed E-state index contributed by atoms with van der Waals surface area (Å²) in [6.45, 7) is 1.70. The maximum absolute atomic E-state index is 9.12. The van der Waals surface area contributed by atoms with Gasteiger partial charge in [0.25, 0.3) is 0 Å². The van der Waals surface area contributed by atoms with Gasteiger partial charge in [-0.05, 0) is 25.1 Å². The lowest BCUT2D eigenvalue weighted by atomic mass is 10.1. The van der Waals surface area contributed by atoms with Gasteiger partial charge < -0.3 is 9.52 Å². The fourth-order valence-corrected chi connectivity index (χ4v) is 1.86. The average Bonchev–Trinajstić information content (AvgIpc) is 2.85. The number of aliphatic hydroxyl groups excluding tert-OH is 1. The van der Waals surface area contributed by atoms with Crippen molar-refractivity contribution in [3.63, 3.8) is 0 Å². The van der Waals surface area contributed by atoms with Gasteiger partial charge in [0.15, 0.2) is 17.8 Å². The SMILES string of the molecule is Cc1cc(-c2ccc3ncoc3c2)nc(CO)n1. The van der Waals surface area contributed by atoms with Crippen LogP contribution in [0.25, 0.3) is 22.4 Å². The third-order valence-electron chi connectivity index (χ3n) is 2.67. The molecule has 0 saturated carbocycles. The summed E-state index contributed by atoms with van der Waals surface area (Å²) >= 11 is 0. The van der Waals surface area contributed by atoms with Crippen molar-refractivity contribution >= 4 is 11.1 Å². The van der Waals surface area contributed by atoms with Gasteiger partial charge in [0.2, 0.25) is 0 Å². The minimum atomic E-state index is -0.167. The van der Waals surface area contributed by atoms with E-state index in [4.69, 9.17) is 9.52 Å². The lowest BCUT2D eigenvalue weighted by Gasteiger charge is -2.04. The molecule has 1 N–H and O–H groups in total. The van der Waals surface area contributed by atoms with E-state index in [0.29, 0.717) is 11.4 Å². The normalized spacial score (nSPS) is 11.0. The number of hydrogen-bond donors (Lipinski definition) is 1. The molecule has 0 aliphatic carbocycles. The first-order valence-electron chi connectivity index (χ1n) is 5.55. The molecule has 0 spiro atoms. The maximum Gasteiger partial charge on any atom is 0.181 e. The number of benzene rings is 1. The van der Waals surface area contributed by atoms with Gasteiger partial charge in [0, 0.05) is 11.3 Å². The second-order valence-electron chi connectivity index (χ2n) is 4.00. The number of aliphatic hydroxyl groups is 1. The van der Waals surface area contributed by atoms with E-state index in [1.165, 1.54) is 6.39 Å². The summed E-state index contributed by atoms with van der Waals surface area (Å²) in [5.41, 5.74) is 4.03. The van der Waals surface area contributed by atoms with Gasteiger partial charge in [-0.2, -0.15) is 0 Å². The molecule has 3 rings (SSSR count). The fraction of sp³-hybridized carbons (Fsp3) is 0.154. The third-order valence-corrected chi connectivity index (χ3v) is 2.67. The Morgan fingerprint density at radius 3 is 2.94 bits per heavy atom. The molecule has 0 fully saturated rings. The monoisotopic (exact) mass is 241 g/mol. The molecule has 0 radical (unpaired) electrons. The molecule has 2 aromatic heterocycles. The van der Waals surface area contributed by atoms with Crippen LogP contribution in [-0.4, -0.2) is 20.1 Å². The van der Waals surface area contributed by atoms with Crippen LogP contribution in [-0.2, 0) is 6.61 Å². The predicted octanol–water partition coefficient (Wildman–Crippen LogP) is 2.09. The highest BCUT2D eigenvalue weighted by Crippen LogP contribution is 2.22. The number of oxazole rings is 1. The Labute approximate surface area is 103 Å². The zero-order valence-corrected chi connectivity index (χ0v) is 9.79. The van der Waals surface area contributed by atoms with Crippen molar-refractivity contribution in [3.05, 3.63) is 42.2 Å². The molecular weight excluding hydrogens is 230 g/mol. The maximum atomic E-state index is 9.12. The van der Waals surface area contributed by atoms with Gasteiger partial charge in [-0.25, -0.2) is 15.0 Å². The summed E-state index contributed by atoms with van der Waals surface area (Å²) < 4.78 is 5.26. The Morgan fingerprint density at radius 2 is 2.11 bits per heavy atom. The van der Waals surface area contributed by atoms with E-state index in [9.17, 15) is 0 Å². The summed E-state index contributed by atoms with van der Waals surface area (Å²) in [7, 11) is 0. The summed E-state index contributed by atoms with van der Waals surface area (Å²) in [5, 5.41) is 9.12. The molecule has 90 valence electrons. The molecule has 3 aromatic rings. The number of fused-ring (bicyclic) bond motifs is 1. The van der Waals surface area contributed by atoms with Crippen LogP contribution in [0.15, 0.2) is 35.1 Å². The highest BCUT2D eigenvalue weighted by Gasteiger charge is 2.06. The van der Waals surface area contributed by atoms with E-state index < -0.39 is 0 Å². The molecule has 18 heavy (non-hydrogen) atoms. The van der Waals surface area contributed by atoms with Crippen molar-refractivity contribution in [1.29, 1.82) is 0 Å². The third kappa shape index (κ3) is 1.84. The van der Waals surface area contributed by atoms with Gasteiger partial charge in [0.1, 0.15) is 12.1 Å². The summed E-state index contributed by atoms with van der Waals surface area (Å²) in [5.74, 6) is 0.419. The predicted molar refractivity (Wildman–Crippen MR) is 65.7 cm³/mol. The fourth-order valence-electron chi connectivity index (χ4n) is 1.86. The number of nitrogens with zero attached hydrogens (tertiary/aromatic N) is 3. The molecule has 2 heterocycles. The molecule has 5 heteroatoms. The molecule has 0 saturated heterocycles. The highest BCUT2D eigenvalue weighted by atomic mass is 16.3. The lowest BCUT2D eigenvalue weighted by Crippen LogP contribution is -1.98. The summed E-state index contributed by atoms with van der Waals surface area (Å²) in [4.78, 5) is 12.5. The van der Waals surface area contributed by atoms with Crippen LogP contribution in [0.5, 0.6) is 0 Å². The Bertz CT molecular complexity index is 706. The van der Waals surface area contributed by atoms with Gasteiger partial charge >= 0.3 is 0 Å².